The van der Waals surface area contributed by atoms with E-state index in [2.05, 4.69) is 10.3 Å². The fourth-order valence-corrected chi connectivity index (χ4v) is 5.05. The van der Waals surface area contributed by atoms with Crippen molar-refractivity contribution >= 4 is 44.3 Å². The third kappa shape index (κ3) is 4.72. The van der Waals surface area contributed by atoms with Gasteiger partial charge in [0.1, 0.15) is 5.82 Å². The van der Waals surface area contributed by atoms with E-state index >= 15 is 0 Å². The van der Waals surface area contributed by atoms with Crippen LogP contribution in [0.25, 0.3) is 11.0 Å². The van der Waals surface area contributed by atoms with Crippen molar-refractivity contribution in [2.24, 2.45) is 0 Å². The lowest BCUT2D eigenvalue weighted by atomic mass is 10.2. The lowest BCUT2D eigenvalue weighted by Crippen LogP contribution is -2.29. The molecule has 1 N–H and O–H groups in total. The molecule has 4 rings (SSSR count). The summed E-state index contributed by atoms with van der Waals surface area (Å²) in [6, 6.07) is 20.4. The highest BCUT2D eigenvalue weighted by molar-refractivity contribution is 7.92. The zero-order valence-electron chi connectivity index (χ0n) is 18.2. The van der Waals surface area contributed by atoms with Crippen LogP contribution in [0.5, 0.6) is 0 Å². The second-order valence-corrected chi connectivity index (χ2v) is 9.94. The van der Waals surface area contributed by atoms with Crippen LogP contribution in [0.1, 0.15) is 16.2 Å². The number of carbonyl (C=O) groups is 1. The third-order valence-electron chi connectivity index (χ3n) is 5.39. The van der Waals surface area contributed by atoms with Gasteiger partial charge in [-0.1, -0.05) is 35.9 Å². The molecule has 1 amide bonds. The van der Waals surface area contributed by atoms with E-state index in [1.54, 1.807) is 36.4 Å². The van der Waals surface area contributed by atoms with Crippen LogP contribution in [0.3, 0.4) is 0 Å². The van der Waals surface area contributed by atoms with Gasteiger partial charge >= 0.3 is 0 Å². The first-order valence-corrected chi connectivity index (χ1v) is 12.1. The number of para-hydroxylation sites is 2. The Kier molecular flexibility index (Phi) is 6.40. The number of nitrogens with zero attached hydrogens (tertiary/aromatic N) is 3. The molecule has 0 aliphatic heterocycles. The number of halogens is 1. The van der Waals surface area contributed by atoms with E-state index in [9.17, 15) is 13.2 Å². The van der Waals surface area contributed by atoms with E-state index in [0.29, 0.717) is 23.8 Å². The third-order valence-corrected chi connectivity index (χ3v) is 7.41. The van der Waals surface area contributed by atoms with Crippen molar-refractivity contribution < 1.29 is 13.2 Å². The molecule has 0 spiro atoms. The Hall–Kier alpha value is -3.36. The average molecular weight is 483 g/mol. The molecular formula is C24H23ClN4O3S. The number of anilines is 1. The molecule has 0 radical (unpaired) electrons. The van der Waals surface area contributed by atoms with Crippen LogP contribution in [0.4, 0.5) is 5.69 Å². The van der Waals surface area contributed by atoms with Gasteiger partial charge in [-0.2, -0.15) is 0 Å². The molecule has 9 heteroatoms. The highest BCUT2D eigenvalue weighted by atomic mass is 35.5. The summed E-state index contributed by atoms with van der Waals surface area (Å²) in [5.41, 5.74) is 2.60. The number of hydrogen-bond acceptors (Lipinski definition) is 4. The van der Waals surface area contributed by atoms with Crippen molar-refractivity contribution in [3.8, 4) is 0 Å². The van der Waals surface area contributed by atoms with Crippen molar-refractivity contribution in [3.05, 3.63) is 89.2 Å². The highest BCUT2D eigenvalue weighted by Gasteiger charge is 2.22. The average Bonchev–Trinajstić information content (AvgIpc) is 3.13. The molecule has 7 nitrogen and oxygen atoms in total. The molecular weight excluding hydrogens is 460 g/mol. The smallest absolute Gasteiger partial charge is 0.264 e. The van der Waals surface area contributed by atoms with Crippen LogP contribution in [0, 0.1) is 6.92 Å². The van der Waals surface area contributed by atoms with Crippen LogP contribution in [0.2, 0.25) is 5.02 Å². The zero-order valence-corrected chi connectivity index (χ0v) is 19.8. The molecule has 0 unspecified atom stereocenters. The maximum absolute atomic E-state index is 13.1. The SMILES string of the molecule is Cc1nc2ccccc2n1CCNC(=O)c1cccc(S(=O)(=O)N(C)c2cccc(Cl)c2)c1. The first-order chi connectivity index (χ1) is 15.8. The summed E-state index contributed by atoms with van der Waals surface area (Å²) in [6.07, 6.45) is 0. The van der Waals surface area contributed by atoms with Crippen LogP contribution in [-0.2, 0) is 16.6 Å². The molecule has 1 heterocycles. The zero-order chi connectivity index (χ0) is 23.6. The predicted octanol–water partition coefficient (Wildman–Crippen LogP) is 4.25. The van der Waals surface area contributed by atoms with Gasteiger partial charge < -0.3 is 9.88 Å². The summed E-state index contributed by atoms with van der Waals surface area (Å²) >= 11 is 6.00. The largest absolute Gasteiger partial charge is 0.350 e. The van der Waals surface area contributed by atoms with Gasteiger partial charge in [0.05, 0.1) is 21.6 Å². The number of benzene rings is 3. The first-order valence-electron chi connectivity index (χ1n) is 10.3. The molecule has 170 valence electrons. The van der Waals surface area contributed by atoms with Gasteiger partial charge in [0.25, 0.3) is 15.9 Å². The quantitative estimate of drug-likeness (QED) is 0.426. The molecule has 0 atom stereocenters. The van der Waals surface area contributed by atoms with Crippen molar-refractivity contribution in [2.45, 2.75) is 18.4 Å². The van der Waals surface area contributed by atoms with Gasteiger partial charge in [-0.15, -0.1) is 0 Å². The topological polar surface area (TPSA) is 84.3 Å². The Bertz CT molecular complexity index is 1430. The van der Waals surface area contributed by atoms with E-state index in [4.69, 9.17) is 11.6 Å². The minimum absolute atomic E-state index is 0.0223. The molecule has 0 fully saturated rings. The molecule has 0 saturated carbocycles. The molecule has 0 saturated heterocycles. The number of aromatic nitrogens is 2. The standard InChI is InChI=1S/C24H23ClN4O3S/c1-17-27-22-11-3-4-12-23(22)29(17)14-13-26-24(30)18-7-5-10-21(15-18)33(31,32)28(2)20-9-6-8-19(25)16-20/h3-12,15-16H,13-14H2,1-2H3,(H,26,30). The number of imidazole rings is 1. The molecule has 1 aromatic heterocycles. The van der Waals surface area contributed by atoms with E-state index in [0.717, 1.165) is 21.2 Å². The summed E-state index contributed by atoms with van der Waals surface area (Å²) in [5, 5.41) is 3.30. The van der Waals surface area contributed by atoms with Gasteiger partial charge in [0.2, 0.25) is 0 Å². The predicted molar refractivity (Wildman–Crippen MR) is 130 cm³/mol. The molecule has 0 aliphatic carbocycles. The van der Waals surface area contributed by atoms with Gasteiger partial charge in [0, 0.05) is 30.7 Å². The van der Waals surface area contributed by atoms with Crippen LogP contribution in [-0.4, -0.2) is 37.5 Å². The molecule has 3 aromatic carbocycles. The minimum atomic E-state index is -3.87. The van der Waals surface area contributed by atoms with Crippen LogP contribution in [0.15, 0.2) is 77.7 Å². The van der Waals surface area contributed by atoms with Crippen molar-refractivity contribution in [1.29, 1.82) is 0 Å². The lowest BCUT2D eigenvalue weighted by Gasteiger charge is -2.20. The van der Waals surface area contributed by atoms with Crippen LogP contribution >= 0.6 is 11.6 Å². The summed E-state index contributed by atoms with van der Waals surface area (Å²) < 4.78 is 29.4. The maximum Gasteiger partial charge on any atom is 0.264 e. The molecule has 0 bridgehead atoms. The molecule has 4 aromatic rings. The van der Waals surface area contributed by atoms with E-state index in [-0.39, 0.29) is 16.4 Å². The molecule has 33 heavy (non-hydrogen) atoms. The Morgan fingerprint density at radius 2 is 1.82 bits per heavy atom. The van der Waals surface area contributed by atoms with E-state index < -0.39 is 10.0 Å². The van der Waals surface area contributed by atoms with Crippen LogP contribution < -0.4 is 9.62 Å². The van der Waals surface area contributed by atoms with Crippen molar-refractivity contribution in [3.63, 3.8) is 0 Å². The van der Waals surface area contributed by atoms with Gasteiger partial charge in [0.15, 0.2) is 0 Å². The second kappa shape index (κ2) is 9.25. The Morgan fingerprint density at radius 1 is 1.06 bits per heavy atom. The molecule has 0 aliphatic rings. The number of rotatable bonds is 7. The lowest BCUT2D eigenvalue weighted by molar-refractivity contribution is 0.0952. The van der Waals surface area contributed by atoms with Gasteiger partial charge in [-0.25, -0.2) is 13.4 Å². The van der Waals surface area contributed by atoms with Gasteiger partial charge in [-0.3, -0.25) is 9.10 Å². The summed E-state index contributed by atoms with van der Waals surface area (Å²) in [6.45, 7) is 2.85. The minimum Gasteiger partial charge on any atom is -0.350 e. The number of sulfonamides is 1. The number of hydrogen-bond donors (Lipinski definition) is 1. The maximum atomic E-state index is 13.1. The number of carbonyl (C=O) groups excluding carboxylic acids is 1. The van der Waals surface area contributed by atoms with E-state index in [1.165, 1.54) is 19.2 Å². The summed E-state index contributed by atoms with van der Waals surface area (Å²) in [7, 11) is -2.42. The van der Waals surface area contributed by atoms with E-state index in [1.807, 2.05) is 35.8 Å². The highest BCUT2D eigenvalue weighted by Crippen LogP contribution is 2.25. The summed E-state index contributed by atoms with van der Waals surface area (Å²) in [4.78, 5) is 17.3. The number of nitrogens with one attached hydrogen (secondary N) is 1. The fourth-order valence-electron chi connectivity index (χ4n) is 3.63. The second-order valence-electron chi connectivity index (χ2n) is 7.54. The summed E-state index contributed by atoms with van der Waals surface area (Å²) in [5.74, 6) is 0.516. The number of amides is 1. The Labute approximate surface area is 197 Å². The number of fused-ring (bicyclic) bond motifs is 1. The Morgan fingerprint density at radius 3 is 2.61 bits per heavy atom. The normalized spacial score (nSPS) is 11.5. The Balaban J connectivity index is 1.48. The van der Waals surface area contributed by atoms with Crippen molar-refractivity contribution in [2.75, 3.05) is 17.9 Å². The van der Waals surface area contributed by atoms with Gasteiger partial charge in [-0.05, 0) is 55.5 Å². The monoisotopic (exact) mass is 482 g/mol. The van der Waals surface area contributed by atoms with Crippen molar-refractivity contribution in [1.82, 2.24) is 14.9 Å². The number of aryl methyl sites for hydroxylation is 1. The first kappa shape index (κ1) is 22.8. The fraction of sp³-hybridized carbons (Fsp3) is 0.167.